The van der Waals surface area contributed by atoms with E-state index in [-0.39, 0.29) is 5.43 Å². The monoisotopic (exact) mass is 367 g/mol. The molecule has 0 fully saturated rings. The lowest BCUT2D eigenvalue weighted by atomic mass is 9.90. The molecule has 6 rings (SSSR count). The van der Waals surface area contributed by atoms with Gasteiger partial charge in [0.1, 0.15) is 0 Å². The number of rotatable bonds is 1. The van der Waals surface area contributed by atoms with Gasteiger partial charge in [0, 0.05) is 36.1 Å². The molecule has 4 heteroatoms. The van der Waals surface area contributed by atoms with Crippen molar-refractivity contribution in [3.05, 3.63) is 75.9 Å². The Labute approximate surface area is 163 Å². The molecule has 2 aromatic carbocycles. The first kappa shape index (κ1) is 15.9. The molecule has 3 aliphatic heterocycles. The van der Waals surface area contributed by atoms with Crippen LogP contribution in [0.25, 0.3) is 28.1 Å². The number of hydrogen-bond donors (Lipinski definition) is 0. The lowest BCUT2D eigenvalue weighted by molar-refractivity contribution is 0.635. The van der Waals surface area contributed by atoms with Gasteiger partial charge in [-0.3, -0.25) is 4.79 Å². The Morgan fingerprint density at radius 1 is 0.893 bits per heavy atom. The first-order chi connectivity index (χ1) is 13.8. The van der Waals surface area contributed by atoms with Crippen molar-refractivity contribution in [1.82, 2.24) is 9.55 Å². The average molecular weight is 367 g/mol. The molecule has 0 radical (unpaired) electrons. The number of fused-ring (bicyclic) bond motifs is 3. The maximum Gasteiger partial charge on any atom is 0.180 e. The van der Waals surface area contributed by atoms with E-state index in [0.29, 0.717) is 0 Å². The number of nitrogens with zero attached hydrogens (tertiary/aromatic N) is 3. The summed E-state index contributed by atoms with van der Waals surface area (Å²) < 4.78 is 2.26. The first-order valence-electron chi connectivity index (χ1n) is 10.1. The number of anilines is 1. The highest BCUT2D eigenvalue weighted by Gasteiger charge is 2.28. The van der Waals surface area contributed by atoms with Gasteiger partial charge in [0.15, 0.2) is 5.43 Å². The highest BCUT2D eigenvalue weighted by molar-refractivity contribution is 5.92. The highest BCUT2D eigenvalue weighted by atomic mass is 16.1. The number of para-hydroxylation sites is 1. The zero-order chi connectivity index (χ0) is 18.7. The van der Waals surface area contributed by atoms with Crippen molar-refractivity contribution in [1.29, 1.82) is 0 Å². The third kappa shape index (κ3) is 2.24. The van der Waals surface area contributed by atoms with E-state index >= 15 is 0 Å². The third-order valence-electron chi connectivity index (χ3n) is 6.14. The lowest BCUT2D eigenvalue weighted by Gasteiger charge is -2.38. The molecule has 0 unspecified atom stereocenters. The topological polar surface area (TPSA) is 38.1 Å². The van der Waals surface area contributed by atoms with Gasteiger partial charge in [-0.2, -0.15) is 0 Å². The van der Waals surface area contributed by atoms with Crippen LogP contribution in [0.2, 0.25) is 0 Å². The van der Waals surface area contributed by atoms with Crippen LogP contribution in [-0.2, 0) is 12.8 Å². The summed E-state index contributed by atoms with van der Waals surface area (Å²) in [4.78, 5) is 19.8. The van der Waals surface area contributed by atoms with Gasteiger partial charge >= 0.3 is 0 Å². The minimum Gasteiger partial charge on any atom is -0.371 e. The molecule has 0 amide bonds. The Hall–Kier alpha value is -3.14. The van der Waals surface area contributed by atoms with Crippen LogP contribution in [0.5, 0.6) is 0 Å². The van der Waals surface area contributed by atoms with Crippen LogP contribution in [0.1, 0.15) is 24.0 Å². The Balaban J connectivity index is 1.83. The van der Waals surface area contributed by atoms with Crippen LogP contribution >= 0.6 is 0 Å². The van der Waals surface area contributed by atoms with Crippen LogP contribution in [0.15, 0.2) is 59.4 Å². The predicted molar refractivity (Wildman–Crippen MR) is 113 cm³/mol. The van der Waals surface area contributed by atoms with Gasteiger partial charge < -0.3 is 9.47 Å². The fourth-order valence-electron chi connectivity index (χ4n) is 5.03. The molecule has 0 atom stereocenters. The minimum absolute atomic E-state index is 0.0200. The van der Waals surface area contributed by atoms with Gasteiger partial charge in [0.25, 0.3) is 0 Å². The molecule has 4 aliphatic rings. The number of aromatic nitrogens is 2. The standard InChI is InChI=1S/C24H21N3O/c28-18-10-11-20-22(15-18)27(17-7-2-1-3-8-17)24-19-9-5-13-26-12-4-6-16(23(19)26)14-21(24)25-20/h1-3,7-8,10-11,14-15H,4-6,9,12-13H2. The van der Waals surface area contributed by atoms with Crippen molar-refractivity contribution in [2.75, 3.05) is 18.0 Å². The van der Waals surface area contributed by atoms with E-state index < -0.39 is 0 Å². The smallest absolute Gasteiger partial charge is 0.180 e. The van der Waals surface area contributed by atoms with Crippen molar-refractivity contribution < 1.29 is 0 Å². The predicted octanol–water partition coefficient (Wildman–Crippen LogP) is 4.19. The molecule has 2 aromatic rings. The molecule has 28 heavy (non-hydrogen) atoms. The second-order valence-electron chi connectivity index (χ2n) is 7.86. The Bertz CT molecular complexity index is 1240. The molecule has 0 bridgehead atoms. The maximum atomic E-state index is 12.2. The molecule has 4 nitrogen and oxygen atoms in total. The largest absolute Gasteiger partial charge is 0.371 e. The zero-order valence-corrected chi connectivity index (χ0v) is 15.7. The van der Waals surface area contributed by atoms with Crippen LogP contribution < -0.4 is 10.3 Å². The van der Waals surface area contributed by atoms with Gasteiger partial charge in [0.2, 0.25) is 0 Å². The second-order valence-corrected chi connectivity index (χ2v) is 7.86. The van der Waals surface area contributed by atoms with E-state index in [1.807, 2.05) is 12.1 Å². The van der Waals surface area contributed by atoms with Gasteiger partial charge in [0.05, 0.1) is 22.4 Å². The second kappa shape index (κ2) is 5.93. The molecular weight excluding hydrogens is 346 g/mol. The molecule has 138 valence electrons. The van der Waals surface area contributed by atoms with Gasteiger partial charge in [-0.15, -0.1) is 0 Å². The Morgan fingerprint density at radius 3 is 2.57 bits per heavy atom. The van der Waals surface area contributed by atoms with E-state index in [1.54, 1.807) is 12.1 Å². The third-order valence-corrected chi connectivity index (χ3v) is 6.14. The van der Waals surface area contributed by atoms with Crippen molar-refractivity contribution >= 4 is 16.7 Å². The molecule has 0 N–H and O–H groups in total. The van der Waals surface area contributed by atoms with Crippen LogP contribution in [0.4, 0.5) is 5.69 Å². The maximum absolute atomic E-state index is 12.2. The highest BCUT2D eigenvalue weighted by Crippen LogP contribution is 2.41. The number of benzene rings is 3. The summed E-state index contributed by atoms with van der Waals surface area (Å²) in [5.74, 6) is 0. The van der Waals surface area contributed by atoms with Gasteiger partial charge in [-0.1, -0.05) is 18.2 Å². The lowest BCUT2D eigenvalue weighted by Crippen LogP contribution is -2.35. The van der Waals surface area contributed by atoms with Gasteiger partial charge in [-0.05, 0) is 61.6 Å². The Morgan fingerprint density at radius 2 is 1.71 bits per heavy atom. The van der Waals surface area contributed by atoms with Crippen LogP contribution in [-0.4, -0.2) is 22.6 Å². The van der Waals surface area contributed by atoms with Crippen LogP contribution in [0.3, 0.4) is 0 Å². The average Bonchev–Trinajstić information content (AvgIpc) is 2.73. The molecule has 0 saturated carbocycles. The summed E-state index contributed by atoms with van der Waals surface area (Å²) in [7, 11) is 0. The summed E-state index contributed by atoms with van der Waals surface area (Å²) in [5.41, 5.74) is 9.30. The van der Waals surface area contributed by atoms with Crippen molar-refractivity contribution in [3.8, 4) is 17.1 Å². The molecule has 0 aromatic heterocycles. The van der Waals surface area contributed by atoms with E-state index in [4.69, 9.17) is 4.98 Å². The van der Waals surface area contributed by atoms with Crippen molar-refractivity contribution in [2.24, 2.45) is 0 Å². The SMILES string of the molecule is O=c1ccc2nc3cc4c5c(c3n(-c3ccccc3)c-2c1)CCCN5CCC4. The van der Waals surface area contributed by atoms with Crippen molar-refractivity contribution in [3.63, 3.8) is 0 Å². The quantitative estimate of drug-likeness (QED) is 0.474. The fourth-order valence-corrected chi connectivity index (χ4v) is 5.03. The van der Waals surface area contributed by atoms with E-state index in [9.17, 15) is 4.79 Å². The number of hydrogen-bond acceptors (Lipinski definition) is 3. The van der Waals surface area contributed by atoms with E-state index in [0.717, 1.165) is 54.0 Å². The van der Waals surface area contributed by atoms with Gasteiger partial charge in [-0.25, -0.2) is 4.98 Å². The molecule has 1 aliphatic carbocycles. The summed E-state index contributed by atoms with van der Waals surface area (Å²) in [6, 6.07) is 17.8. The summed E-state index contributed by atoms with van der Waals surface area (Å²) >= 11 is 0. The number of aryl methyl sites for hydroxylation is 2. The fraction of sp³-hybridized carbons (Fsp3) is 0.250. The molecule has 0 saturated heterocycles. The zero-order valence-electron chi connectivity index (χ0n) is 15.7. The molecule has 0 spiro atoms. The summed E-state index contributed by atoms with van der Waals surface area (Å²) in [6.45, 7) is 2.28. The minimum atomic E-state index is 0.0200. The molecule has 3 heterocycles. The molecular formula is C24H21N3O. The van der Waals surface area contributed by atoms with Crippen LogP contribution in [0, 0.1) is 0 Å². The van der Waals surface area contributed by atoms with E-state index in [1.165, 1.54) is 29.7 Å². The summed E-state index contributed by atoms with van der Waals surface area (Å²) in [6.07, 6.45) is 4.57. The van der Waals surface area contributed by atoms with Crippen molar-refractivity contribution in [2.45, 2.75) is 25.7 Å². The first-order valence-corrected chi connectivity index (χ1v) is 10.1. The van der Waals surface area contributed by atoms with E-state index in [2.05, 4.69) is 39.8 Å². The summed E-state index contributed by atoms with van der Waals surface area (Å²) in [5, 5.41) is 0. The normalized spacial score (nSPS) is 15.8. The Kier molecular flexibility index (Phi) is 3.36.